The molecule has 1 heterocycles. The molecule has 1 saturated heterocycles. The fourth-order valence-electron chi connectivity index (χ4n) is 9.35. The van der Waals surface area contributed by atoms with Crippen LogP contribution in [-0.4, -0.2) is 95.4 Å². The minimum absolute atomic E-state index is 0.223. The maximum atomic E-state index is 13.1. The van der Waals surface area contributed by atoms with Crippen LogP contribution < -0.4 is 5.32 Å². The maximum absolute atomic E-state index is 13.1. The van der Waals surface area contributed by atoms with Gasteiger partial charge in [-0.2, -0.15) is 8.42 Å². The van der Waals surface area contributed by atoms with E-state index in [0.29, 0.717) is 12.8 Å². The number of unbranched alkanes of at least 4 members (excludes halogenated alkanes) is 37. The first-order valence-corrected chi connectivity index (χ1v) is 29.3. The number of nitrogens with one attached hydrogen (secondary N) is 1. The van der Waals surface area contributed by atoms with Crippen LogP contribution in [-0.2, 0) is 28.9 Å². The van der Waals surface area contributed by atoms with E-state index in [-0.39, 0.29) is 12.5 Å². The summed E-state index contributed by atoms with van der Waals surface area (Å²) in [5, 5.41) is 45.0. The first-order chi connectivity index (χ1) is 32.0. The summed E-state index contributed by atoms with van der Waals surface area (Å²) >= 11 is 0. The molecule has 0 radical (unpaired) electrons. The second-order valence-corrected chi connectivity index (χ2v) is 20.9. The highest BCUT2D eigenvalue weighted by Gasteiger charge is 2.48. The van der Waals surface area contributed by atoms with Crippen LogP contribution >= 0.6 is 0 Å². The summed E-state index contributed by atoms with van der Waals surface area (Å²) in [6, 6.07) is -0.852. The third-order valence-corrected chi connectivity index (χ3v) is 14.1. The van der Waals surface area contributed by atoms with Crippen LogP contribution in [0.25, 0.3) is 0 Å². The molecular formula is C53H105NO11S. The van der Waals surface area contributed by atoms with Crippen molar-refractivity contribution in [3.8, 4) is 0 Å². The van der Waals surface area contributed by atoms with Gasteiger partial charge in [0.25, 0.3) is 0 Å². The van der Waals surface area contributed by atoms with Gasteiger partial charge in [-0.25, -0.2) is 4.18 Å². The predicted molar refractivity (Wildman–Crippen MR) is 269 cm³/mol. The Bertz CT molecular complexity index is 1180. The van der Waals surface area contributed by atoms with Gasteiger partial charge in [0.1, 0.15) is 24.4 Å². The Morgan fingerprint density at radius 3 is 1.21 bits per heavy atom. The summed E-state index contributed by atoms with van der Waals surface area (Å²) in [7, 11) is -5.08. The highest BCUT2D eigenvalue weighted by atomic mass is 32.3. The van der Waals surface area contributed by atoms with Gasteiger partial charge in [0, 0.05) is 6.42 Å². The third-order valence-electron chi connectivity index (χ3n) is 13.7. The second kappa shape index (κ2) is 44.1. The van der Waals surface area contributed by atoms with Crippen molar-refractivity contribution >= 4 is 16.3 Å². The van der Waals surface area contributed by atoms with Crippen LogP contribution in [0.15, 0.2) is 0 Å². The van der Waals surface area contributed by atoms with Crippen LogP contribution in [0, 0.1) is 0 Å². The molecular weight excluding hydrogens is 859 g/mol. The van der Waals surface area contributed by atoms with E-state index in [1.165, 1.54) is 199 Å². The van der Waals surface area contributed by atoms with Gasteiger partial charge >= 0.3 is 10.4 Å². The van der Waals surface area contributed by atoms with Gasteiger partial charge in [0.05, 0.1) is 25.4 Å². The highest BCUT2D eigenvalue weighted by Crippen LogP contribution is 2.26. The zero-order valence-electron chi connectivity index (χ0n) is 42.5. The van der Waals surface area contributed by atoms with E-state index in [9.17, 15) is 38.2 Å². The third kappa shape index (κ3) is 36.1. The molecule has 0 aromatic heterocycles. The fraction of sp³-hybridized carbons (Fsp3) is 0.981. The Balaban J connectivity index is 2.33. The van der Waals surface area contributed by atoms with Crippen molar-refractivity contribution in [2.45, 2.75) is 320 Å². The van der Waals surface area contributed by atoms with E-state index < -0.39 is 59.9 Å². The van der Waals surface area contributed by atoms with E-state index >= 15 is 0 Å². The average Bonchev–Trinajstić information content (AvgIpc) is 3.29. The van der Waals surface area contributed by atoms with Crippen molar-refractivity contribution in [3.63, 3.8) is 0 Å². The van der Waals surface area contributed by atoms with E-state index in [0.717, 1.165) is 51.4 Å². The molecule has 6 N–H and O–H groups in total. The number of carbonyl (C=O) groups is 1. The molecule has 0 bridgehead atoms. The minimum atomic E-state index is -5.08. The number of aliphatic hydroxyl groups is 4. The molecule has 12 nitrogen and oxygen atoms in total. The molecule has 66 heavy (non-hydrogen) atoms. The summed E-state index contributed by atoms with van der Waals surface area (Å²) in [6.45, 7) is 3.49. The molecule has 1 fully saturated rings. The van der Waals surface area contributed by atoms with Crippen molar-refractivity contribution in [2.24, 2.45) is 0 Å². The first kappa shape index (κ1) is 63.1. The van der Waals surface area contributed by atoms with Crippen molar-refractivity contribution in [1.82, 2.24) is 5.32 Å². The quantitative estimate of drug-likeness (QED) is 0.0251. The molecule has 1 amide bonds. The number of ether oxygens (including phenoxy) is 2. The Hall–Kier alpha value is -0.900. The Morgan fingerprint density at radius 1 is 0.545 bits per heavy atom. The topological polar surface area (TPSA) is 192 Å². The standard InChI is InChI=1S/C53H105NO11S/c1-3-5-7-9-11-13-15-17-19-20-21-22-23-24-25-26-27-29-31-33-35-37-39-41-43-49(57)54-46(45-63-53-51(59)52(65-66(60,61)62)50(58)48(44-55)64-53)47(56)42-40-38-36-34-32-30-28-18-16-14-12-10-8-6-4-2/h46-48,50-53,55-56,58-59H,3-45H2,1-2H3,(H,54,57)(H,60,61,62). The first-order valence-electron chi connectivity index (χ1n) is 27.9. The van der Waals surface area contributed by atoms with Crippen molar-refractivity contribution in [1.29, 1.82) is 0 Å². The lowest BCUT2D eigenvalue weighted by Crippen LogP contribution is -2.61. The lowest BCUT2D eigenvalue weighted by atomic mass is 9.99. The lowest BCUT2D eigenvalue weighted by molar-refractivity contribution is -0.298. The van der Waals surface area contributed by atoms with Crippen LogP contribution in [0.1, 0.15) is 277 Å². The summed E-state index contributed by atoms with van der Waals surface area (Å²) in [5.74, 6) is -0.223. The molecule has 1 rings (SSSR count). The average molecular weight is 964 g/mol. The molecule has 13 heteroatoms. The van der Waals surface area contributed by atoms with Crippen LogP contribution in [0.2, 0.25) is 0 Å². The summed E-state index contributed by atoms with van der Waals surface area (Å²) in [4.78, 5) is 13.1. The molecule has 0 spiro atoms. The van der Waals surface area contributed by atoms with E-state index in [1.54, 1.807) is 0 Å². The van der Waals surface area contributed by atoms with Gasteiger partial charge in [0.15, 0.2) is 6.29 Å². The molecule has 0 aromatic carbocycles. The van der Waals surface area contributed by atoms with Crippen molar-refractivity contribution in [3.05, 3.63) is 0 Å². The normalized spacial score (nSPS) is 19.9. The molecule has 7 unspecified atom stereocenters. The summed E-state index contributed by atoms with van der Waals surface area (Å²) in [6.07, 6.45) is 41.1. The van der Waals surface area contributed by atoms with Crippen LogP contribution in [0.3, 0.4) is 0 Å². The van der Waals surface area contributed by atoms with Gasteiger partial charge in [-0.1, -0.05) is 258 Å². The van der Waals surface area contributed by atoms with E-state index in [2.05, 4.69) is 23.3 Å². The molecule has 1 aliphatic rings. The number of aliphatic hydroxyl groups excluding tert-OH is 4. The lowest BCUT2D eigenvalue weighted by Gasteiger charge is -2.41. The summed E-state index contributed by atoms with van der Waals surface area (Å²) < 4.78 is 47.8. The predicted octanol–water partition coefficient (Wildman–Crippen LogP) is 12.5. The number of amides is 1. The maximum Gasteiger partial charge on any atom is 0.397 e. The van der Waals surface area contributed by atoms with Gasteiger partial charge in [-0.3, -0.25) is 9.35 Å². The van der Waals surface area contributed by atoms with Crippen LogP contribution in [0.4, 0.5) is 0 Å². The number of hydrogen-bond donors (Lipinski definition) is 6. The second-order valence-electron chi connectivity index (χ2n) is 19.9. The van der Waals surface area contributed by atoms with Gasteiger partial charge in [0.2, 0.25) is 5.91 Å². The van der Waals surface area contributed by atoms with Crippen molar-refractivity contribution in [2.75, 3.05) is 13.2 Å². The largest absolute Gasteiger partial charge is 0.397 e. The fourth-order valence-corrected chi connectivity index (χ4v) is 9.85. The van der Waals surface area contributed by atoms with Gasteiger partial charge in [-0.05, 0) is 12.8 Å². The molecule has 7 atom stereocenters. The Kier molecular flexibility index (Phi) is 42.1. The molecule has 0 aromatic rings. The van der Waals surface area contributed by atoms with Crippen LogP contribution in [0.5, 0.6) is 0 Å². The molecule has 394 valence electrons. The highest BCUT2D eigenvalue weighted by molar-refractivity contribution is 7.80. The van der Waals surface area contributed by atoms with E-state index in [4.69, 9.17) is 9.47 Å². The minimum Gasteiger partial charge on any atom is -0.394 e. The number of rotatable bonds is 49. The molecule has 1 aliphatic heterocycles. The Labute approximate surface area is 405 Å². The van der Waals surface area contributed by atoms with Crippen molar-refractivity contribution < 1.29 is 51.8 Å². The number of carbonyl (C=O) groups excluding carboxylic acids is 1. The van der Waals surface area contributed by atoms with Gasteiger partial charge in [-0.15, -0.1) is 0 Å². The van der Waals surface area contributed by atoms with E-state index in [1.807, 2.05) is 0 Å². The number of hydrogen-bond acceptors (Lipinski definition) is 10. The molecule has 0 aliphatic carbocycles. The summed E-state index contributed by atoms with van der Waals surface area (Å²) in [5.41, 5.74) is 0. The van der Waals surface area contributed by atoms with Gasteiger partial charge < -0.3 is 35.2 Å². The molecule has 0 saturated carbocycles. The monoisotopic (exact) mass is 964 g/mol. The SMILES string of the molecule is CCCCCCCCCCCCCCCCCCCCCCCCCCC(=O)NC(COC1OC(CO)C(O)C(OS(=O)(=O)O)C1O)C(O)CCCCCCCCCCCCCCCCC. The zero-order valence-corrected chi connectivity index (χ0v) is 43.4. The Morgan fingerprint density at radius 2 is 0.879 bits per heavy atom. The smallest absolute Gasteiger partial charge is 0.394 e. The zero-order chi connectivity index (χ0) is 48.4.